The highest BCUT2D eigenvalue weighted by Crippen LogP contribution is 2.08. The van der Waals surface area contributed by atoms with Crippen LogP contribution in [0, 0.1) is 0 Å². The monoisotopic (exact) mass is 273 g/mol. The molecule has 5 heteroatoms. The zero-order valence-electron chi connectivity index (χ0n) is 11.3. The van der Waals surface area contributed by atoms with E-state index in [4.69, 9.17) is 16.6 Å². The average Bonchev–Trinajstić information content (AvgIpc) is 2.39. The lowest BCUT2D eigenvalue weighted by Crippen LogP contribution is -2.00. The van der Waals surface area contributed by atoms with E-state index in [0.29, 0.717) is 5.69 Å². The molecule has 0 radical (unpaired) electrons. The number of carboxylic acid groups (broad SMARTS) is 1. The molecule has 0 aliphatic rings. The fraction of sp³-hybridized carbons (Fsp3) is 0.133. The van der Waals surface area contributed by atoms with Crippen LogP contribution in [0.15, 0.2) is 48.5 Å². The van der Waals surface area contributed by atoms with Crippen molar-refractivity contribution in [2.24, 2.45) is 0 Å². The topological polar surface area (TPSA) is 101 Å². The number of carboxylic acids is 1. The number of hydrogen-bond donors (Lipinski definition) is 4. The largest absolute Gasteiger partial charge is 0.481 e. The molecule has 0 unspecified atom stereocenters. The van der Waals surface area contributed by atoms with Crippen molar-refractivity contribution in [3.8, 4) is 0 Å². The number of nitrogens with two attached hydrogens (primary N) is 2. The highest BCUT2D eigenvalue weighted by molar-refractivity contribution is 5.70. The molecule has 2 aromatic rings. The predicted molar refractivity (Wildman–Crippen MR) is 82.6 cm³/mol. The Balaban J connectivity index is 0.000000204. The minimum Gasteiger partial charge on any atom is -0.481 e. The van der Waals surface area contributed by atoms with Gasteiger partial charge in [-0.3, -0.25) is 4.79 Å². The first-order valence-electron chi connectivity index (χ1n) is 6.10. The highest BCUT2D eigenvalue weighted by atomic mass is 16.4. The van der Waals surface area contributed by atoms with E-state index in [0.717, 1.165) is 16.9 Å². The van der Waals surface area contributed by atoms with Crippen LogP contribution >= 0.6 is 0 Å². The van der Waals surface area contributed by atoms with E-state index in [-0.39, 0.29) is 6.42 Å². The first-order chi connectivity index (χ1) is 9.51. The van der Waals surface area contributed by atoms with E-state index in [1.165, 1.54) is 0 Å². The molecule has 2 rings (SSSR count). The van der Waals surface area contributed by atoms with E-state index in [1.54, 1.807) is 24.3 Å². The predicted octanol–water partition coefficient (Wildman–Crippen LogP) is 2.21. The number of nitrogens with one attached hydrogen (secondary N) is 1. The van der Waals surface area contributed by atoms with Crippen molar-refractivity contribution in [3.05, 3.63) is 54.1 Å². The molecule has 0 saturated heterocycles. The Morgan fingerprint density at radius 2 is 1.75 bits per heavy atom. The Hall–Kier alpha value is -2.69. The fourth-order valence-electron chi connectivity index (χ4n) is 1.53. The van der Waals surface area contributed by atoms with Gasteiger partial charge >= 0.3 is 5.97 Å². The van der Waals surface area contributed by atoms with Crippen LogP contribution in [-0.2, 0) is 11.2 Å². The lowest BCUT2D eigenvalue weighted by Gasteiger charge is -1.97. The van der Waals surface area contributed by atoms with Gasteiger partial charge in [0.1, 0.15) is 0 Å². The molecule has 0 fully saturated rings. The van der Waals surface area contributed by atoms with Crippen molar-refractivity contribution in [1.29, 1.82) is 0 Å². The fourth-order valence-corrected chi connectivity index (χ4v) is 1.53. The van der Waals surface area contributed by atoms with E-state index in [2.05, 4.69) is 5.32 Å². The maximum atomic E-state index is 10.2. The maximum Gasteiger partial charge on any atom is 0.307 e. The number of anilines is 3. The summed E-state index contributed by atoms with van der Waals surface area (Å²) in [6, 6.07) is 14.5. The van der Waals surface area contributed by atoms with E-state index in [1.807, 2.05) is 31.3 Å². The molecule has 20 heavy (non-hydrogen) atoms. The van der Waals surface area contributed by atoms with Crippen LogP contribution in [0.1, 0.15) is 5.56 Å². The molecule has 0 aromatic heterocycles. The van der Waals surface area contributed by atoms with Gasteiger partial charge in [-0.1, -0.05) is 12.1 Å². The molecular formula is C15H19N3O2. The third-order valence-electron chi connectivity index (χ3n) is 2.51. The van der Waals surface area contributed by atoms with Crippen LogP contribution in [-0.4, -0.2) is 18.1 Å². The van der Waals surface area contributed by atoms with Crippen LogP contribution < -0.4 is 16.8 Å². The summed E-state index contributed by atoms with van der Waals surface area (Å²) in [7, 11) is 1.88. The van der Waals surface area contributed by atoms with Crippen LogP contribution in [0.5, 0.6) is 0 Å². The van der Waals surface area contributed by atoms with Gasteiger partial charge in [0.25, 0.3) is 0 Å². The van der Waals surface area contributed by atoms with Crippen molar-refractivity contribution in [3.63, 3.8) is 0 Å². The number of carbonyl (C=O) groups is 1. The molecule has 0 aliphatic carbocycles. The van der Waals surface area contributed by atoms with Gasteiger partial charge in [-0.25, -0.2) is 0 Å². The van der Waals surface area contributed by atoms with Crippen molar-refractivity contribution in [2.75, 3.05) is 23.8 Å². The van der Waals surface area contributed by atoms with Gasteiger partial charge in [0.15, 0.2) is 0 Å². The van der Waals surface area contributed by atoms with Crippen LogP contribution in [0.25, 0.3) is 0 Å². The molecule has 0 amide bonds. The summed E-state index contributed by atoms with van der Waals surface area (Å²) in [4.78, 5) is 10.2. The number of aliphatic carboxylic acids is 1. The van der Waals surface area contributed by atoms with Crippen LogP contribution in [0.4, 0.5) is 17.1 Å². The number of benzene rings is 2. The minimum atomic E-state index is -0.837. The average molecular weight is 273 g/mol. The Kier molecular flexibility index (Phi) is 5.90. The summed E-state index contributed by atoms with van der Waals surface area (Å²) in [6.45, 7) is 0. The molecule has 0 bridgehead atoms. The van der Waals surface area contributed by atoms with E-state index >= 15 is 0 Å². The number of rotatable bonds is 3. The molecule has 0 spiro atoms. The van der Waals surface area contributed by atoms with Crippen molar-refractivity contribution in [2.45, 2.75) is 6.42 Å². The lowest BCUT2D eigenvalue weighted by atomic mass is 10.1. The molecule has 0 heterocycles. The van der Waals surface area contributed by atoms with Crippen molar-refractivity contribution < 1.29 is 9.90 Å². The van der Waals surface area contributed by atoms with Gasteiger partial charge in [-0.2, -0.15) is 0 Å². The highest BCUT2D eigenvalue weighted by Gasteiger charge is 1.98. The maximum absolute atomic E-state index is 10.2. The second-order valence-electron chi connectivity index (χ2n) is 4.19. The van der Waals surface area contributed by atoms with Gasteiger partial charge in [-0.15, -0.1) is 0 Å². The van der Waals surface area contributed by atoms with Crippen molar-refractivity contribution in [1.82, 2.24) is 0 Å². The second-order valence-corrected chi connectivity index (χ2v) is 4.19. The summed E-state index contributed by atoms with van der Waals surface area (Å²) in [5.41, 5.74) is 14.1. The second kappa shape index (κ2) is 7.68. The quantitative estimate of drug-likeness (QED) is 0.642. The smallest absolute Gasteiger partial charge is 0.307 e. The molecule has 6 N–H and O–H groups in total. The molecule has 106 valence electrons. The Bertz CT molecular complexity index is 553. The third-order valence-corrected chi connectivity index (χ3v) is 2.51. The van der Waals surface area contributed by atoms with Crippen molar-refractivity contribution >= 4 is 23.0 Å². The van der Waals surface area contributed by atoms with Gasteiger partial charge in [0, 0.05) is 24.1 Å². The first kappa shape index (κ1) is 15.4. The number of hydrogen-bond acceptors (Lipinski definition) is 4. The summed E-state index contributed by atoms with van der Waals surface area (Å²) in [5.74, 6) is -0.837. The summed E-state index contributed by atoms with van der Waals surface area (Å²) in [6.07, 6.45) is 0.0328. The van der Waals surface area contributed by atoms with Gasteiger partial charge in [0.2, 0.25) is 0 Å². The van der Waals surface area contributed by atoms with Gasteiger partial charge < -0.3 is 21.9 Å². The SMILES string of the molecule is CNc1ccc(N)cc1.Nc1cccc(CC(=O)O)c1. The zero-order chi connectivity index (χ0) is 15.0. The summed E-state index contributed by atoms with van der Waals surface area (Å²) < 4.78 is 0. The van der Waals surface area contributed by atoms with E-state index < -0.39 is 5.97 Å². The zero-order valence-corrected chi connectivity index (χ0v) is 11.3. The summed E-state index contributed by atoms with van der Waals surface area (Å²) >= 11 is 0. The Morgan fingerprint density at radius 1 is 1.10 bits per heavy atom. The van der Waals surface area contributed by atoms with Gasteiger partial charge in [0.05, 0.1) is 6.42 Å². The normalized spacial score (nSPS) is 9.25. The summed E-state index contributed by atoms with van der Waals surface area (Å²) in [5, 5.41) is 11.4. The van der Waals surface area contributed by atoms with Gasteiger partial charge in [-0.05, 0) is 42.0 Å². The number of nitrogen functional groups attached to an aromatic ring is 2. The molecular weight excluding hydrogens is 254 g/mol. The molecule has 0 atom stereocenters. The lowest BCUT2D eigenvalue weighted by molar-refractivity contribution is -0.136. The molecule has 0 saturated carbocycles. The Labute approximate surface area is 118 Å². The molecule has 0 aliphatic heterocycles. The standard InChI is InChI=1S/C8H9NO2.C7H10N2/c9-7-3-1-2-6(4-7)5-8(10)11;1-9-7-4-2-6(8)3-5-7/h1-4H,5,9H2,(H,10,11);2-5,9H,8H2,1H3. The molecule has 2 aromatic carbocycles. The molecule has 5 nitrogen and oxygen atoms in total. The van der Waals surface area contributed by atoms with E-state index in [9.17, 15) is 4.79 Å². The minimum absolute atomic E-state index is 0.0328. The van der Waals surface area contributed by atoms with Crippen LogP contribution in [0.3, 0.4) is 0 Å². The van der Waals surface area contributed by atoms with Crippen LogP contribution in [0.2, 0.25) is 0 Å². The third kappa shape index (κ3) is 5.77. The first-order valence-corrected chi connectivity index (χ1v) is 6.10. The Morgan fingerprint density at radius 3 is 2.25 bits per heavy atom.